The standard InChI is InChI=1S/C28H27N3O4/c32-24(29-21-10-3-7-19(17-21)18-30-15-2-1-14-25(30)33)13-6-16-31-27(34)22-11-4-8-20-9-5-12-23(26(20)22)28(31)35/h3-5,7-12,17H,1-2,6,13-16,18H2,(H,29,32). The zero-order chi connectivity index (χ0) is 24.4. The molecule has 3 aromatic carbocycles. The Morgan fingerprint density at radius 2 is 1.60 bits per heavy atom. The van der Waals surface area contributed by atoms with E-state index in [0.717, 1.165) is 30.3 Å². The highest BCUT2D eigenvalue weighted by atomic mass is 16.2. The van der Waals surface area contributed by atoms with Crippen molar-refractivity contribution in [1.82, 2.24) is 9.80 Å². The summed E-state index contributed by atoms with van der Waals surface area (Å²) < 4.78 is 0. The van der Waals surface area contributed by atoms with E-state index >= 15 is 0 Å². The van der Waals surface area contributed by atoms with Gasteiger partial charge in [-0.25, -0.2) is 0 Å². The fourth-order valence-corrected chi connectivity index (χ4v) is 4.90. The molecule has 1 fully saturated rings. The van der Waals surface area contributed by atoms with E-state index in [0.29, 0.717) is 41.6 Å². The number of hydrogen-bond donors (Lipinski definition) is 1. The molecule has 0 saturated carbocycles. The summed E-state index contributed by atoms with van der Waals surface area (Å²) in [5.41, 5.74) is 2.68. The first-order valence-electron chi connectivity index (χ1n) is 12.1. The number of hydrogen-bond acceptors (Lipinski definition) is 4. The number of imide groups is 1. The van der Waals surface area contributed by atoms with Gasteiger partial charge in [0, 0.05) is 54.7 Å². The number of benzene rings is 3. The van der Waals surface area contributed by atoms with E-state index in [9.17, 15) is 19.2 Å². The summed E-state index contributed by atoms with van der Waals surface area (Å²) in [4.78, 5) is 53.7. The summed E-state index contributed by atoms with van der Waals surface area (Å²) in [5, 5.41) is 4.46. The maximum Gasteiger partial charge on any atom is 0.261 e. The highest BCUT2D eigenvalue weighted by Gasteiger charge is 2.32. The van der Waals surface area contributed by atoms with Gasteiger partial charge in [0.2, 0.25) is 11.8 Å². The van der Waals surface area contributed by atoms with Crippen molar-refractivity contribution in [2.45, 2.75) is 38.6 Å². The van der Waals surface area contributed by atoms with Crippen molar-refractivity contribution in [3.8, 4) is 0 Å². The smallest absolute Gasteiger partial charge is 0.261 e. The molecule has 0 bridgehead atoms. The van der Waals surface area contributed by atoms with Gasteiger partial charge in [-0.2, -0.15) is 0 Å². The second-order valence-corrected chi connectivity index (χ2v) is 9.10. The zero-order valence-corrected chi connectivity index (χ0v) is 19.5. The van der Waals surface area contributed by atoms with E-state index in [4.69, 9.17) is 0 Å². The molecule has 0 radical (unpaired) electrons. The van der Waals surface area contributed by atoms with Crippen LogP contribution in [0.5, 0.6) is 0 Å². The molecule has 0 spiro atoms. The van der Waals surface area contributed by atoms with Crippen molar-refractivity contribution in [3.05, 3.63) is 77.4 Å². The van der Waals surface area contributed by atoms with E-state index < -0.39 is 0 Å². The molecular weight excluding hydrogens is 442 g/mol. The highest BCUT2D eigenvalue weighted by molar-refractivity contribution is 6.25. The largest absolute Gasteiger partial charge is 0.338 e. The van der Waals surface area contributed by atoms with Crippen molar-refractivity contribution < 1.29 is 19.2 Å². The zero-order valence-electron chi connectivity index (χ0n) is 19.5. The van der Waals surface area contributed by atoms with Crippen LogP contribution >= 0.6 is 0 Å². The minimum absolute atomic E-state index is 0.173. The maximum absolute atomic E-state index is 13.0. The average molecular weight is 470 g/mol. The molecule has 2 heterocycles. The summed E-state index contributed by atoms with van der Waals surface area (Å²) in [7, 11) is 0. The number of carbonyl (C=O) groups is 4. The molecule has 0 aromatic heterocycles. The van der Waals surface area contributed by atoms with Gasteiger partial charge in [-0.05, 0) is 54.5 Å². The Hall–Kier alpha value is -4.00. The molecule has 1 saturated heterocycles. The van der Waals surface area contributed by atoms with E-state index in [-0.39, 0.29) is 36.6 Å². The van der Waals surface area contributed by atoms with Crippen molar-refractivity contribution in [2.24, 2.45) is 0 Å². The highest BCUT2D eigenvalue weighted by Crippen LogP contribution is 2.30. The van der Waals surface area contributed by atoms with Crippen LogP contribution in [0.15, 0.2) is 60.7 Å². The van der Waals surface area contributed by atoms with Crippen LogP contribution in [0.3, 0.4) is 0 Å². The third-order valence-electron chi connectivity index (χ3n) is 6.65. The lowest BCUT2D eigenvalue weighted by atomic mass is 9.94. The molecule has 35 heavy (non-hydrogen) atoms. The Kier molecular flexibility index (Phi) is 6.31. The van der Waals surface area contributed by atoms with Gasteiger partial charge in [-0.1, -0.05) is 36.4 Å². The van der Waals surface area contributed by atoms with Crippen LogP contribution in [0.1, 0.15) is 58.4 Å². The third-order valence-corrected chi connectivity index (χ3v) is 6.65. The number of nitrogens with zero attached hydrogens (tertiary/aromatic N) is 2. The lowest BCUT2D eigenvalue weighted by molar-refractivity contribution is -0.133. The first-order valence-corrected chi connectivity index (χ1v) is 12.1. The molecule has 7 nitrogen and oxygen atoms in total. The maximum atomic E-state index is 13.0. The Balaban J connectivity index is 1.18. The van der Waals surface area contributed by atoms with Gasteiger partial charge in [-0.15, -0.1) is 0 Å². The molecule has 0 atom stereocenters. The predicted octanol–water partition coefficient (Wildman–Crippen LogP) is 4.37. The number of rotatable bonds is 7. The summed E-state index contributed by atoms with van der Waals surface area (Å²) in [6, 6.07) is 18.4. The predicted molar refractivity (Wildman–Crippen MR) is 133 cm³/mol. The monoisotopic (exact) mass is 469 g/mol. The third kappa shape index (κ3) is 4.67. The Morgan fingerprint density at radius 1 is 0.886 bits per heavy atom. The van der Waals surface area contributed by atoms with E-state index in [1.807, 2.05) is 53.4 Å². The lowest BCUT2D eigenvalue weighted by Crippen LogP contribution is -2.41. The quantitative estimate of drug-likeness (QED) is 0.521. The Bertz CT molecular complexity index is 1280. The number of piperidine rings is 1. The topological polar surface area (TPSA) is 86.8 Å². The Labute approximate surface area is 203 Å². The number of amides is 4. The molecule has 2 aliphatic rings. The van der Waals surface area contributed by atoms with Crippen molar-refractivity contribution in [1.29, 1.82) is 0 Å². The lowest BCUT2D eigenvalue weighted by Gasteiger charge is -2.27. The minimum atomic E-state index is -0.320. The fraction of sp³-hybridized carbons (Fsp3) is 0.286. The normalized spacial score (nSPS) is 15.6. The molecule has 1 N–H and O–H groups in total. The average Bonchev–Trinajstić information content (AvgIpc) is 2.86. The Morgan fingerprint density at radius 3 is 2.31 bits per heavy atom. The van der Waals surface area contributed by atoms with Gasteiger partial charge in [0.15, 0.2) is 0 Å². The SMILES string of the molecule is O=C(CCCN1C(=O)c2cccc3cccc(c23)C1=O)Nc1cccc(CN2CCCCC2=O)c1. The summed E-state index contributed by atoms with van der Waals surface area (Å²) in [5.74, 6) is -0.652. The van der Waals surface area contributed by atoms with Crippen molar-refractivity contribution in [2.75, 3.05) is 18.4 Å². The van der Waals surface area contributed by atoms with Crippen molar-refractivity contribution in [3.63, 3.8) is 0 Å². The molecule has 0 unspecified atom stereocenters. The van der Waals surface area contributed by atoms with Gasteiger partial charge in [0.25, 0.3) is 11.8 Å². The molecule has 0 aliphatic carbocycles. The molecule has 2 aliphatic heterocycles. The molecule has 178 valence electrons. The van der Waals surface area contributed by atoms with Crippen LogP contribution in [0.4, 0.5) is 5.69 Å². The van der Waals surface area contributed by atoms with E-state index in [1.54, 1.807) is 12.1 Å². The van der Waals surface area contributed by atoms with Crippen LogP contribution in [0, 0.1) is 0 Å². The summed E-state index contributed by atoms with van der Waals surface area (Å²) in [6.07, 6.45) is 3.10. The van der Waals surface area contributed by atoms with Gasteiger partial charge >= 0.3 is 0 Å². The molecule has 7 heteroatoms. The molecular formula is C28H27N3O4. The van der Waals surface area contributed by atoms with Gasteiger partial charge in [-0.3, -0.25) is 24.1 Å². The summed E-state index contributed by atoms with van der Waals surface area (Å²) in [6.45, 7) is 1.48. The van der Waals surface area contributed by atoms with E-state index in [1.165, 1.54) is 4.90 Å². The van der Waals surface area contributed by atoms with Crippen LogP contribution in [0.25, 0.3) is 10.8 Å². The number of anilines is 1. The van der Waals surface area contributed by atoms with Gasteiger partial charge < -0.3 is 10.2 Å². The summed E-state index contributed by atoms with van der Waals surface area (Å²) >= 11 is 0. The first kappa shape index (κ1) is 22.8. The van der Waals surface area contributed by atoms with Gasteiger partial charge in [0.05, 0.1) is 0 Å². The van der Waals surface area contributed by atoms with Crippen LogP contribution in [-0.4, -0.2) is 46.5 Å². The number of carbonyl (C=O) groups excluding carboxylic acids is 4. The number of nitrogens with one attached hydrogen (secondary N) is 1. The minimum Gasteiger partial charge on any atom is -0.338 e. The molecule has 5 rings (SSSR count). The second-order valence-electron chi connectivity index (χ2n) is 9.10. The fourth-order valence-electron chi connectivity index (χ4n) is 4.90. The van der Waals surface area contributed by atoms with Crippen LogP contribution in [-0.2, 0) is 16.1 Å². The first-order chi connectivity index (χ1) is 17.0. The molecule has 4 amide bonds. The second kappa shape index (κ2) is 9.70. The van der Waals surface area contributed by atoms with E-state index in [2.05, 4.69) is 5.32 Å². The van der Waals surface area contributed by atoms with Crippen LogP contribution in [0.2, 0.25) is 0 Å². The van der Waals surface area contributed by atoms with Gasteiger partial charge in [0.1, 0.15) is 0 Å². The number of likely N-dealkylation sites (tertiary alicyclic amines) is 1. The van der Waals surface area contributed by atoms with Crippen molar-refractivity contribution >= 4 is 40.1 Å². The van der Waals surface area contributed by atoms with Crippen LogP contribution < -0.4 is 5.32 Å². The molecule has 3 aromatic rings.